The number of fused-ring (bicyclic) bond motifs is 1. The van der Waals surface area contributed by atoms with Crippen LogP contribution in [0.25, 0.3) is 11.1 Å². The molecule has 2 aromatic carbocycles. The predicted molar refractivity (Wildman–Crippen MR) is 121 cm³/mol. The maximum Gasteiger partial charge on any atom is 0.410 e. The van der Waals surface area contributed by atoms with Crippen molar-refractivity contribution in [3.63, 3.8) is 0 Å². The van der Waals surface area contributed by atoms with E-state index < -0.39 is 5.60 Å². The van der Waals surface area contributed by atoms with E-state index in [2.05, 4.69) is 24.3 Å². The summed E-state index contributed by atoms with van der Waals surface area (Å²) >= 11 is 0. The van der Waals surface area contributed by atoms with Gasteiger partial charge in [0.25, 0.3) is 0 Å². The molecule has 1 amide bonds. The summed E-state index contributed by atoms with van der Waals surface area (Å²) in [5.74, 6) is 2.77. The molecule has 3 atom stereocenters. The average Bonchev–Trinajstić information content (AvgIpc) is 3.26. The van der Waals surface area contributed by atoms with Crippen molar-refractivity contribution in [1.29, 1.82) is 0 Å². The van der Waals surface area contributed by atoms with Crippen LogP contribution in [0.2, 0.25) is 0 Å². The summed E-state index contributed by atoms with van der Waals surface area (Å²) in [7, 11) is 0. The summed E-state index contributed by atoms with van der Waals surface area (Å²) in [5, 5.41) is 0. The second kappa shape index (κ2) is 8.81. The highest BCUT2D eigenvalue weighted by Crippen LogP contribution is 2.40. The Morgan fingerprint density at radius 3 is 2.26 bits per heavy atom. The Hall–Kier alpha value is -2.69. The molecule has 1 saturated carbocycles. The van der Waals surface area contributed by atoms with Crippen LogP contribution in [-0.4, -0.2) is 42.4 Å². The first-order chi connectivity index (χ1) is 14.8. The molecular formula is C26H33NO4. The molecule has 5 heteroatoms. The van der Waals surface area contributed by atoms with E-state index in [1.54, 1.807) is 0 Å². The minimum Gasteiger partial charge on any atom is -0.494 e. The largest absolute Gasteiger partial charge is 0.494 e. The van der Waals surface area contributed by atoms with Gasteiger partial charge in [-0.05, 0) is 87.8 Å². The fourth-order valence-corrected chi connectivity index (χ4v) is 4.67. The van der Waals surface area contributed by atoms with Gasteiger partial charge in [0.05, 0.1) is 12.7 Å². The zero-order valence-electron chi connectivity index (χ0n) is 19.0. The van der Waals surface area contributed by atoms with Gasteiger partial charge in [-0.1, -0.05) is 24.3 Å². The standard InChI is InChI=1S/C26H33NO4/c1-5-29-22-11-9-18(10-12-22)19-7-6-8-23(13-19)30-24-14-20-16-27(17-21(20)15-24)25(28)31-26(2,3)4/h6-13,20-21,24H,5,14-17H2,1-4H3/t20-,21+,24?. The van der Waals surface area contributed by atoms with Gasteiger partial charge in [0.1, 0.15) is 17.1 Å². The fraction of sp³-hybridized carbons (Fsp3) is 0.500. The van der Waals surface area contributed by atoms with Crippen molar-refractivity contribution < 1.29 is 19.0 Å². The van der Waals surface area contributed by atoms with Gasteiger partial charge in [0.2, 0.25) is 0 Å². The molecule has 1 unspecified atom stereocenters. The molecule has 4 rings (SSSR count). The maximum atomic E-state index is 12.4. The highest BCUT2D eigenvalue weighted by Gasteiger charge is 2.44. The molecule has 2 fully saturated rings. The van der Waals surface area contributed by atoms with Crippen LogP contribution in [0.4, 0.5) is 4.79 Å². The highest BCUT2D eigenvalue weighted by molar-refractivity contribution is 5.68. The molecule has 166 valence electrons. The van der Waals surface area contributed by atoms with Gasteiger partial charge < -0.3 is 19.1 Å². The van der Waals surface area contributed by atoms with Gasteiger partial charge in [0.15, 0.2) is 0 Å². The first-order valence-electron chi connectivity index (χ1n) is 11.3. The third kappa shape index (κ3) is 5.33. The normalized spacial score (nSPS) is 22.8. The molecule has 5 nitrogen and oxygen atoms in total. The molecule has 0 spiro atoms. The van der Waals surface area contributed by atoms with Crippen molar-refractivity contribution in [1.82, 2.24) is 4.90 Å². The fourth-order valence-electron chi connectivity index (χ4n) is 4.67. The van der Waals surface area contributed by atoms with Gasteiger partial charge in [0, 0.05) is 13.1 Å². The zero-order chi connectivity index (χ0) is 22.0. The number of hydrogen-bond acceptors (Lipinski definition) is 4. The third-order valence-electron chi connectivity index (χ3n) is 5.99. The van der Waals surface area contributed by atoms with E-state index in [4.69, 9.17) is 14.2 Å². The Morgan fingerprint density at radius 1 is 0.968 bits per heavy atom. The lowest BCUT2D eigenvalue weighted by Crippen LogP contribution is -2.36. The quantitative estimate of drug-likeness (QED) is 0.612. The number of carbonyl (C=O) groups is 1. The second-order valence-electron chi connectivity index (χ2n) is 9.60. The van der Waals surface area contributed by atoms with Crippen LogP contribution < -0.4 is 9.47 Å². The topological polar surface area (TPSA) is 48.0 Å². The van der Waals surface area contributed by atoms with Crippen LogP contribution in [0, 0.1) is 11.8 Å². The number of rotatable bonds is 5. The minimum atomic E-state index is -0.450. The zero-order valence-corrected chi connectivity index (χ0v) is 19.0. The second-order valence-corrected chi connectivity index (χ2v) is 9.60. The SMILES string of the molecule is CCOc1ccc(-c2cccc(OC3C[C@@H]4CN(C(=O)OC(C)(C)C)C[C@@H]4C3)c2)cc1. The molecule has 1 aliphatic carbocycles. The molecule has 0 bridgehead atoms. The lowest BCUT2D eigenvalue weighted by atomic mass is 10.0. The number of ether oxygens (including phenoxy) is 3. The molecule has 0 radical (unpaired) electrons. The molecule has 1 heterocycles. The van der Waals surface area contributed by atoms with Gasteiger partial charge in [-0.3, -0.25) is 0 Å². The van der Waals surface area contributed by atoms with Crippen LogP contribution in [0.5, 0.6) is 11.5 Å². The molecule has 1 saturated heterocycles. The molecule has 2 aliphatic rings. The smallest absolute Gasteiger partial charge is 0.410 e. The Morgan fingerprint density at radius 2 is 1.65 bits per heavy atom. The number of carbonyl (C=O) groups excluding carboxylic acids is 1. The van der Waals surface area contributed by atoms with Crippen LogP contribution in [-0.2, 0) is 4.74 Å². The Labute approximate surface area is 185 Å². The summed E-state index contributed by atoms with van der Waals surface area (Å²) in [5.41, 5.74) is 1.83. The van der Waals surface area contributed by atoms with E-state index >= 15 is 0 Å². The van der Waals surface area contributed by atoms with Crippen molar-refractivity contribution in [2.75, 3.05) is 19.7 Å². The van der Waals surface area contributed by atoms with E-state index in [1.807, 2.05) is 56.9 Å². The minimum absolute atomic E-state index is 0.192. The van der Waals surface area contributed by atoms with Crippen molar-refractivity contribution >= 4 is 6.09 Å². The van der Waals surface area contributed by atoms with E-state index in [-0.39, 0.29) is 12.2 Å². The third-order valence-corrected chi connectivity index (χ3v) is 5.99. The van der Waals surface area contributed by atoms with Gasteiger partial charge in [-0.2, -0.15) is 0 Å². The van der Waals surface area contributed by atoms with Crippen molar-refractivity contribution in [2.24, 2.45) is 11.8 Å². The van der Waals surface area contributed by atoms with Crippen molar-refractivity contribution in [2.45, 2.75) is 52.2 Å². The van der Waals surface area contributed by atoms with Gasteiger partial charge >= 0.3 is 6.09 Å². The number of likely N-dealkylation sites (tertiary alicyclic amines) is 1. The predicted octanol–water partition coefficient (Wildman–Crippen LogP) is 5.78. The maximum absolute atomic E-state index is 12.4. The van der Waals surface area contributed by atoms with Crippen molar-refractivity contribution in [3.8, 4) is 22.6 Å². The summed E-state index contributed by atoms with van der Waals surface area (Å²) in [6.45, 7) is 9.92. The Bertz CT molecular complexity index is 888. The monoisotopic (exact) mass is 423 g/mol. The van der Waals surface area contributed by atoms with Crippen LogP contribution in [0.3, 0.4) is 0 Å². The Kier molecular flexibility index (Phi) is 6.12. The average molecular weight is 424 g/mol. The van der Waals surface area contributed by atoms with Crippen LogP contribution in [0.1, 0.15) is 40.5 Å². The lowest BCUT2D eigenvalue weighted by Gasteiger charge is -2.25. The molecule has 31 heavy (non-hydrogen) atoms. The molecular weight excluding hydrogens is 390 g/mol. The number of hydrogen-bond donors (Lipinski definition) is 0. The first-order valence-corrected chi connectivity index (χ1v) is 11.3. The summed E-state index contributed by atoms with van der Waals surface area (Å²) < 4.78 is 17.4. The molecule has 0 N–H and O–H groups in total. The first kappa shape index (κ1) is 21.5. The van der Waals surface area contributed by atoms with E-state index in [0.717, 1.165) is 48.6 Å². The van der Waals surface area contributed by atoms with E-state index in [0.29, 0.717) is 18.4 Å². The molecule has 0 aromatic heterocycles. The van der Waals surface area contributed by atoms with Crippen molar-refractivity contribution in [3.05, 3.63) is 48.5 Å². The van der Waals surface area contributed by atoms with Gasteiger partial charge in [-0.25, -0.2) is 4.79 Å². The highest BCUT2D eigenvalue weighted by atomic mass is 16.6. The Balaban J connectivity index is 1.34. The number of amides is 1. The molecule has 1 aliphatic heterocycles. The van der Waals surface area contributed by atoms with Crippen LogP contribution in [0.15, 0.2) is 48.5 Å². The van der Waals surface area contributed by atoms with E-state index in [1.165, 1.54) is 0 Å². The van der Waals surface area contributed by atoms with Crippen LogP contribution >= 0.6 is 0 Å². The summed E-state index contributed by atoms with van der Waals surface area (Å²) in [4.78, 5) is 14.2. The van der Waals surface area contributed by atoms with E-state index in [9.17, 15) is 4.79 Å². The number of benzene rings is 2. The molecule has 2 aromatic rings. The number of nitrogens with zero attached hydrogens (tertiary/aromatic N) is 1. The summed E-state index contributed by atoms with van der Waals surface area (Å²) in [6, 6.07) is 16.4. The summed E-state index contributed by atoms with van der Waals surface area (Å²) in [6.07, 6.45) is 1.97. The van der Waals surface area contributed by atoms with Gasteiger partial charge in [-0.15, -0.1) is 0 Å². The lowest BCUT2D eigenvalue weighted by molar-refractivity contribution is 0.0272.